The molecule has 0 aliphatic rings. The number of hydrogen-bond acceptors (Lipinski definition) is 6. The fourth-order valence-corrected chi connectivity index (χ4v) is 2.15. The first-order valence-electron chi connectivity index (χ1n) is 8.13. The number of rotatable bonds is 7. The smallest absolute Gasteiger partial charge is 0.262 e. The van der Waals surface area contributed by atoms with Crippen LogP contribution in [-0.4, -0.2) is 30.1 Å². The number of ether oxygens (including phenoxy) is 2. The second-order valence-electron chi connectivity index (χ2n) is 5.39. The van der Waals surface area contributed by atoms with E-state index in [0.29, 0.717) is 17.1 Å². The Kier molecular flexibility index (Phi) is 7.36. The fourth-order valence-electron chi connectivity index (χ4n) is 2.15. The number of amides is 2. The number of nitriles is 1. The third-order valence-corrected chi connectivity index (χ3v) is 3.45. The average Bonchev–Trinajstić information content (AvgIpc) is 2.71. The van der Waals surface area contributed by atoms with Gasteiger partial charge in [-0.1, -0.05) is 12.1 Å². The number of carbonyl (C=O) groups excluding carboxylic acids is 2. The van der Waals surface area contributed by atoms with Crippen LogP contribution in [0.1, 0.15) is 5.56 Å². The van der Waals surface area contributed by atoms with Gasteiger partial charge in [0.2, 0.25) is 0 Å². The maximum absolute atomic E-state index is 11.8. The Bertz CT molecular complexity index is 975. The summed E-state index contributed by atoms with van der Waals surface area (Å²) in [6, 6.07) is 11.3. The summed E-state index contributed by atoms with van der Waals surface area (Å²) in [6.07, 6.45) is 4.21. The molecule has 1 aromatic heterocycles. The summed E-state index contributed by atoms with van der Waals surface area (Å²) in [4.78, 5) is 35.2. The minimum Gasteiger partial charge on any atom is -0.493 e. The van der Waals surface area contributed by atoms with Crippen molar-refractivity contribution in [1.82, 2.24) is 15.4 Å². The molecule has 0 radical (unpaired) electrons. The molecule has 0 unspecified atom stereocenters. The van der Waals surface area contributed by atoms with Crippen LogP contribution in [0.25, 0.3) is 6.08 Å². The van der Waals surface area contributed by atoms with Crippen molar-refractivity contribution in [3.63, 3.8) is 0 Å². The number of hydrazine groups is 1. The molecule has 0 saturated carbocycles. The number of benzene rings is 1. The first-order valence-corrected chi connectivity index (χ1v) is 8.13. The van der Waals surface area contributed by atoms with Gasteiger partial charge in [-0.15, -0.1) is 0 Å². The van der Waals surface area contributed by atoms with Gasteiger partial charge >= 0.3 is 0 Å². The molecule has 2 N–H and O–H groups in total. The van der Waals surface area contributed by atoms with Gasteiger partial charge in [-0.2, -0.15) is 5.26 Å². The zero-order chi connectivity index (χ0) is 20.4. The number of aromatic nitrogens is 1. The van der Waals surface area contributed by atoms with Gasteiger partial charge in [-0.3, -0.25) is 25.2 Å². The number of carbonyl (C=O) groups is 2. The molecule has 2 aromatic rings. The molecule has 0 aliphatic heterocycles. The SMILES string of the molecule is COc1cc(/C=C/C(=O)NNC(=O)Cn2ccccc2=O)ccc1OCC#N. The zero-order valence-corrected chi connectivity index (χ0v) is 15.0. The highest BCUT2D eigenvalue weighted by Gasteiger charge is 2.06. The summed E-state index contributed by atoms with van der Waals surface area (Å²) in [7, 11) is 1.46. The van der Waals surface area contributed by atoms with Gasteiger partial charge < -0.3 is 14.0 Å². The molecule has 28 heavy (non-hydrogen) atoms. The molecule has 9 heteroatoms. The van der Waals surface area contributed by atoms with Crippen LogP contribution in [0.2, 0.25) is 0 Å². The van der Waals surface area contributed by atoms with Crippen molar-refractivity contribution in [2.24, 2.45) is 0 Å². The van der Waals surface area contributed by atoms with Gasteiger partial charge in [0, 0.05) is 18.3 Å². The summed E-state index contributed by atoms with van der Waals surface area (Å²) < 4.78 is 11.6. The topological polar surface area (TPSA) is 122 Å². The van der Waals surface area contributed by atoms with Gasteiger partial charge in [0.15, 0.2) is 18.1 Å². The van der Waals surface area contributed by atoms with E-state index in [9.17, 15) is 14.4 Å². The molecule has 0 fully saturated rings. The lowest BCUT2D eigenvalue weighted by atomic mass is 10.2. The molecule has 0 saturated heterocycles. The Hall–Kier alpha value is -4.06. The second kappa shape index (κ2) is 10.2. The summed E-state index contributed by atoms with van der Waals surface area (Å²) in [5, 5.41) is 8.56. The molecule has 2 amide bonds. The predicted molar refractivity (Wildman–Crippen MR) is 100 cm³/mol. The van der Waals surface area contributed by atoms with E-state index in [2.05, 4.69) is 10.9 Å². The monoisotopic (exact) mass is 382 g/mol. The van der Waals surface area contributed by atoms with Crippen LogP contribution < -0.4 is 25.9 Å². The van der Waals surface area contributed by atoms with Crippen molar-refractivity contribution in [3.8, 4) is 17.6 Å². The summed E-state index contributed by atoms with van der Waals surface area (Å²) >= 11 is 0. The Morgan fingerprint density at radius 1 is 1.21 bits per heavy atom. The van der Waals surface area contributed by atoms with E-state index in [-0.39, 0.29) is 18.7 Å². The van der Waals surface area contributed by atoms with Crippen LogP contribution in [0, 0.1) is 11.3 Å². The first kappa shape index (κ1) is 20.3. The summed E-state index contributed by atoms with van der Waals surface area (Å²) in [5.74, 6) is -0.276. The largest absolute Gasteiger partial charge is 0.493 e. The van der Waals surface area contributed by atoms with Crippen LogP contribution in [0.15, 0.2) is 53.5 Å². The Morgan fingerprint density at radius 2 is 2.04 bits per heavy atom. The maximum atomic E-state index is 11.8. The molecule has 144 valence electrons. The summed E-state index contributed by atoms with van der Waals surface area (Å²) in [6.45, 7) is -0.326. The number of pyridine rings is 1. The van der Waals surface area contributed by atoms with Crippen molar-refractivity contribution in [1.29, 1.82) is 5.26 Å². The van der Waals surface area contributed by atoms with E-state index in [1.165, 1.54) is 36.1 Å². The first-order chi connectivity index (χ1) is 13.5. The maximum Gasteiger partial charge on any atom is 0.262 e. The Morgan fingerprint density at radius 3 is 2.75 bits per heavy atom. The van der Waals surface area contributed by atoms with Gasteiger partial charge in [-0.05, 0) is 29.8 Å². The highest BCUT2D eigenvalue weighted by molar-refractivity contribution is 5.93. The molecule has 0 aliphatic carbocycles. The van der Waals surface area contributed by atoms with E-state index in [0.717, 1.165) is 0 Å². The quantitative estimate of drug-likeness (QED) is 0.535. The van der Waals surface area contributed by atoms with Crippen molar-refractivity contribution in [2.75, 3.05) is 13.7 Å². The highest BCUT2D eigenvalue weighted by atomic mass is 16.5. The van der Waals surface area contributed by atoms with E-state index in [1.807, 2.05) is 6.07 Å². The predicted octanol–water partition coefficient (Wildman–Crippen LogP) is 0.620. The second-order valence-corrected chi connectivity index (χ2v) is 5.39. The molecule has 0 spiro atoms. The highest BCUT2D eigenvalue weighted by Crippen LogP contribution is 2.28. The minimum atomic E-state index is -0.558. The number of nitrogens with one attached hydrogen (secondary N) is 2. The van der Waals surface area contributed by atoms with Gasteiger partial charge in [0.1, 0.15) is 12.6 Å². The van der Waals surface area contributed by atoms with Crippen LogP contribution in [0.5, 0.6) is 11.5 Å². The molecule has 0 atom stereocenters. The lowest BCUT2D eigenvalue weighted by Gasteiger charge is -2.09. The van der Waals surface area contributed by atoms with E-state index < -0.39 is 11.8 Å². The third kappa shape index (κ3) is 6.03. The van der Waals surface area contributed by atoms with E-state index in [1.54, 1.807) is 30.3 Å². The van der Waals surface area contributed by atoms with Crippen molar-refractivity contribution in [2.45, 2.75) is 6.54 Å². The van der Waals surface area contributed by atoms with Crippen molar-refractivity contribution >= 4 is 17.9 Å². The van der Waals surface area contributed by atoms with Gasteiger partial charge in [-0.25, -0.2) is 0 Å². The van der Waals surface area contributed by atoms with Crippen molar-refractivity contribution in [3.05, 3.63) is 64.6 Å². The molecule has 9 nitrogen and oxygen atoms in total. The molecule has 0 bridgehead atoms. The summed E-state index contributed by atoms with van der Waals surface area (Å²) in [5.41, 5.74) is 4.78. The number of methoxy groups -OCH3 is 1. The third-order valence-electron chi connectivity index (χ3n) is 3.45. The standard InChI is InChI=1S/C19H18N4O5/c1-27-16-12-14(5-7-15(16)28-11-9-20)6-8-17(24)21-22-18(25)13-23-10-3-2-4-19(23)26/h2-8,10,12H,11,13H2,1H3,(H,21,24)(H,22,25)/b8-6+. The minimum absolute atomic E-state index is 0.108. The van der Waals surface area contributed by atoms with Crippen LogP contribution in [0.3, 0.4) is 0 Å². The molecular weight excluding hydrogens is 364 g/mol. The van der Waals surface area contributed by atoms with Gasteiger partial charge in [0.05, 0.1) is 7.11 Å². The molecule has 1 heterocycles. The Balaban J connectivity index is 1.89. The van der Waals surface area contributed by atoms with Crippen LogP contribution in [-0.2, 0) is 16.1 Å². The normalized spacial score (nSPS) is 10.1. The zero-order valence-electron chi connectivity index (χ0n) is 15.0. The Labute approximate surface area is 160 Å². The van der Waals surface area contributed by atoms with E-state index >= 15 is 0 Å². The van der Waals surface area contributed by atoms with Gasteiger partial charge in [0.25, 0.3) is 17.4 Å². The van der Waals surface area contributed by atoms with Crippen LogP contribution >= 0.6 is 0 Å². The van der Waals surface area contributed by atoms with Crippen LogP contribution in [0.4, 0.5) is 0 Å². The molecular formula is C19H18N4O5. The average molecular weight is 382 g/mol. The number of hydrogen-bond donors (Lipinski definition) is 2. The van der Waals surface area contributed by atoms with Crippen molar-refractivity contribution < 1.29 is 19.1 Å². The molecule has 1 aromatic carbocycles. The lowest BCUT2D eigenvalue weighted by Crippen LogP contribution is -2.43. The lowest BCUT2D eigenvalue weighted by molar-refractivity contribution is -0.127. The van der Waals surface area contributed by atoms with E-state index in [4.69, 9.17) is 14.7 Å². The fraction of sp³-hybridized carbons (Fsp3) is 0.158. The number of nitrogens with zero attached hydrogens (tertiary/aromatic N) is 2. The molecule has 2 rings (SSSR count).